The van der Waals surface area contributed by atoms with Crippen molar-refractivity contribution in [3.05, 3.63) is 71.0 Å². The van der Waals surface area contributed by atoms with Crippen LogP contribution in [0.15, 0.2) is 66.1 Å². The SMILES string of the molecule is O=C(CSc1nccc(-c2ccccn2)n1)Nc1cccc([N+](=O)[O-])c1. The number of nitro groups is 1. The summed E-state index contributed by atoms with van der Waals surface area (Å²) in [6.45, 7) is 0. The third-order valence-electron chi connectivity index (χ3n) is 3.23. The van der Waals surface area contributed by atoms with Crippen LogP contribution in [0.3, 0.4) is 0 Å². The first-order chi connectivity index (χ1) is 12.6. The summed E-state index contributed by atoms with van der Waals surface area (Å²) in [7, 11) is 0. The number of hydrogen-bond acceptors (Lipinski definition) is 7. The standard InChI is InChI=1S/C17H13N5O3S/c23-16(20-12-4-3-5-13(10-12)22(24)25)11-26-17-19-9-7-15(21-17)14-6-1-2-8-18-14/h1-10H,11H2,(H,20,23). The van der Waals surface area contributed by atoms with E-state index in [1.807, 2.05) is 18.2 Å². The number of thioether (sulfide) groups is 1. The molecule has 0 unspecified atom stereocenters. The molecule has 0 saturated heterocycles. The molecule has 2 heterocycles. The lowest BCUT2D eigenvalue weighted by Gasteiger charge is -2.05. The first-order valence-electron chi connectivity index (χ1n) is 7.53. The first kappa shape index (κ1) is 17.5. The normalized spacial score (nSPS) is 10.3. The molecule has 1 N–H and O–H groups in total. The Hall–Kier alpha value is -3.33. The molecule has 130 valence electrons. The first-order valence-corrected chi connectivity index (χ1v) is 8.52. The summed E-state index contributed by atoms with van der Waals surface area (Å²) in [5.41, 5.74) is 1.68. The van der Waals surface area contributed by atoms with Crippen molar-refractivity contribution in [2.45, 2.75) is 5.16 Å². The van der Waals surface area contributed by atoms with E-state index >= 15 is 0 Å². The summed E-state index contributed by atoms with van der Waals surface area (Å²) < 4.78 is 0. The second-order valence-electron chi connectivity index (χ2n) is 5.08. The Balaban J connectivity index is 1.61. The van der Waals surface area contributed by atoms with Crippen molar-refractivity contribution in [2.24, 2.45) is 0 Å². The van der Waals surface area contributed by atoms with E-state index < -0.39 is 4.92 Å². The quantitative estimate of drug-likeness (QED) is 0.308. The average molecular weight is 367 g/mol. The van der Waals surface area contributed by atoms with E-state index in [-0.39, 0.29) is 17.3 Å². The highest BCUT2D eigenvalue weighted by Crippen LogP contribution is 2.20. The molecule has 0 bridgehead atoms. The Bertz CT molecular complexity index is 936. The minimum absolute atomic E-state index is 0.0777. The van der Waals surface area contributed by atoms with E-state index in [0.717, 1.165) is 5.69 Å². The average Bonchev–Trinajstić information content (AvgIpc) is 2.67. The molecule has 3 aromatic rings. The van der Waals surface area contributed by atoms with Crippen molar-refractivity contribution in [2.75, 3.05) is 11.1 Å². The van der Waals surface area contributed by atoms with Crippen molar-refractivity contribution in [1.82, 2.24) is 15.0 Å². The largest absolute Gasteiger partial charge is 0.325 e. The van der Waals surface area contributed by atoms with Gasteiger partial charge in [-0.1, -0.05) is 23.9 Å². The molecular weight excluding hydrogens is 354 g/mol. The van der Waals surface area contributed by atoms with E-state index in [9.17, 15) is 14.9 Å². The van der Waals surface area contributed by atoms with E-state index in [1.165, 1.54) is 30.0 Å². The van der Waals surface area contributed by atoms with Crippen LogP contribution in [0, 0.1) is 10.1 Å². The Kier molecular flexibility index (Phi) is 5.49. The monoisotopic (exact) mass is 367 g/mol. The maximum absolute atomic E-state index is 12.1. The van der Waals surface area contributed by atoms with Gasteiger partial charge in [0.2, 0.25) is 5.91 Å². The number of amides is 1. The Morgan fingerprint density at radius 2 is 1.96 bits per heavy atom. The van der Waals surface area contributed by atoms with Gasteiger partial charge in [0.15, 0.2) is 5.16 Å². The second kappa shape index (κ2) is 8.17. The molecule has 3 rings (SSSR count). The number of pyridine rings is 1. The van der Waals surface area contributed by atoms with Gasteiger partial charge in [0.25, 0.3) is 5.69 Å². The number of nitro benzene ring substituents is 1. The smallest absolute Gasteiger partial charge is 0.271 e. The van der Waals surface area contributed by atoms with Gasteiger partial charge < -0.3 is 5.32 Å². The highest BCUT2D eigenvalue weighted by molar-refractivity contribution is 7.99. The minimum Gasteiger partial charge on any atom is -0.325 e. The minimum atomic E-state index is -0.513. The number of non-ortho nitro benzene ring substituents is 1. The molecule has 0 saturated carbocycles. The molecule has 0 atom stereocenters. The Morgan fingerprint density at radius 3 is 2.73 bits per heavy atom. The third kappa shape index (κ3) is 4.61. The number of nitrogens with zero attached hydrogens (tertiary/aromatic N) is 4. The number of nitrogens with one attached hydrogen (secondary N) is 1. The molecule has 26 heavy (non-hydrogen) atoms. The Morgan fingerprint density at radius 1 is 1.08 bits per heavy atom. The molecule has 1 amide bonds. The van der Waals surface area contributed by atoms with Crippen molar-refractivity contribution < 1.29 is 9.72 Å². The number of carbonyl (C=O) groups is 1. The molecule has 0 spiro atoms. The summed E-state index contributed by atoms with van der Waals surface area (Å²) in [6.07, 6.45) is 3.29. The van der Waals surface area contributed by atoms with Crippen LogP contribution in [0.2, 0.25) is 0 Å². The number of aromatic nitrogens is 3. The lowest BCUT2D eigenvalue weighted by atomic mass is 10.3. The molecular formula is C17H13N5O3S. The highest BCUT2D eigenvalue weighted by atomic mass is 32.2. The summed E-state index contributed by atoms with van der Waals surface area (Å²) in [6, 6.07) is 13.0. The van der Waals surface area contributed by atoms with Crippen LogP contribution in [0.4, 0.5) is 11.4 Å². The summed E-state index contributed by atoms with van der Waals surface area (Å²) in [4.78, 5) is 35.1. The van der Waals surface area contributed by atoms with Gasteiger partial charge in [-0.15, -0.1) is 0 Å². The number of benzene rings is 1. The van der Waals surface area contributed by atoms with E-state index in [2.05, 4.69) is 20.3 Å². The van der Waals surface area contributed by atoms with Gasteiger partial charge in [-0.2, -0.15) is 0 Å². The fourth-order valence-electron chi connectivity index (χ4n) is 2.09. The molecule has 1 aromatic carbocycles. The molecule has 0 fully saturated rings. The fraction of sp³-hybridized carbons (Fsp3) is 0.0588. The van der Waals surface area contributed by atoms with Gasteiger partial charge in [0.05, 0.1) is 22.1 Å². The highest BCUT2D eigenvalue weighted by Gasteiger charge is 2.10. The molecule has 9 heteroatoms. The lowest BCUT2D eigenvalue weighted by molar-refractivity contribution is -0.384. The zero-order valence-electron chi connectivity index (χ0n) is 13.4. The van der Waals surface area contributed by atoms with E-state index in [1.54, 1.807) is 24.5 Å². The van der Waals surface area contributed by atoms with Crippen LogP contribution >= 0.6 is 11.8 Å². The van der Waals surface area contributed by atoms with E-state index in [0.29, 0.717) is 16.5 Å². The molecule has 0 aliphatic heterocycles. The summed E-state index contributed by atoms with van der Waals surface area (Å²) in [5.74, 6) is -0.226. The zero-order chi connectivity index (χ0) is 18.4. The van der Waals surface area contributed by atoms with Gasteiger partial charge in [-0.3, -0.25) is 19.9 Å². The van der Waals surface area contributed by atoms with Gasteiger partial charge in [-0.05, 0) is 24.3 Å². The van der Waals surface area contributed by atoms with Crippen molar-refractivity contribution in [3.63, 3.8) is 0 Å². The summed E-state index contributed by atoms with van der Waals surface area (Å²) in [5, 5.41) is 13.8. The molecule has 0 radical (unpaired) electrons. The molecule has 2 aromatic heterocycles. The van der Waals surface area contributed by atoms with Crippen molar-refractivity contribution in [1.29, 1.82) is 0 Å². The van der Waals surface area contributed by atoms with Crippen molar-refractivity contribution in [3.8, 4) is 11.4 Å². The zero-order valence-corrected chi connectivity index (χ0v) is 14.2. The van der Waals surface area contributed by atoms with Crippen LogP contribution < -0.4 is 5.32 Å². The number of rotatable bonds is 6. The van der Waals surface area contributed by atoms with Crippen molar-refractivity contribution >= 4 is 29.0 Å². The topological polar surface area (TPSA) is 111 Å². The second-order valence-corrected chi connectivity index (χ2v) is 6.03. The number of anilines is 1. The number of hydrogen-bond donors (Lipinski definition) is 1. The van der Waals surface area contributed by atoms with Crippen LogP contribution in [-0.4, -0.2) is 31.5 Å². The summed E-state index contributed by atoms with van der Waals surface area (Å²) >= 11 is 1.17. The van der Waals surface area contributed by atoms with Gasteiger partial charge in [-0.25, -0.2) is 9.97 Å². The fourth-order valence-corrected chi connectivity index (χ4v) is 2.72. The molecule has 8 nitrogen and oxygen atoms in total. The van der Waals surface area contributed by atoms with Crippen LogP contribution in [0.5, 0.6) is 0 Å². The Labute approximate surface area is 152 Å². The molecule has 0 aliphatic carbocycles. The van der Waals surface area contributed by atoms with E-state index in [4.69, 9.17) is 0 Å². The lowest BCUT2D eigenvalue weighted by Crippen LogP contribution is -2.14. The van der Waals surface area contributed by atoms with Gasteiger partial charge >= 0.3 is 0 Å². The maximum atomic E-state index is 12.1. The third-order valence-corrected chi connectivity index (χ3v) is 4.10. The van der Waals surface area contributed by atoms with Crippen LogP contribution in [-0.2, 0) is 4.79 Å². The predicted molar refractivity (Wildman–Crippen MR) is 97.7 cm³/mol. The number of carbonyl (C=O) groups excluding carboxylic acids is 1. The predicted octanol–water partition coefficient (Wildman–Crippen LogP) is 3.18. The maximum Gasteiger partial charge on any atom is 0.271 e. The molecule has 0 aliphatic rings. The van der Waals surface area contributed by atoms with Gasteiger partial charge in [0.1, 0.15) is 0 Å². The van der Waals surface area contributed by atoms with Gasteiger partial charge in [0, 0.05) is 30.2 Å². The van der Waals surface area contributed by atoms with Crippen LogP contribution in [0.25, 0.3) is 11.4 Å². The van der Waals surface area contributed by atoms with Crippen LogP contribution in [0.1, 0.15) is 0 Å².